The molecule has 0 aliphatic carbocycles. The van der Waals surface area contributed by atoms with Crippen molar-refractivity contribution in [1.82, 2.24) is 19.7 Å². The van der Waals surface area contributed by atoms with E-state index in [4.69, 9.17) is 0 Å². The van der Waals surface area contributed by atoms with E-state index < -0.39 is 10.0 Å². The first-order chi connectivity index (χ1) is 10.0. The molecule has 2 heterocycles. The summed E-state index contributed by atoms with van der Waals surface area (Å²) >= 11 is 0. The third-order valence-corrected chi connectivity index (χ3v) is 4.02. The topological polar surface area (TPSA) is 102 Å². The quantitative estimate of drug-likeness (QED) is 0.799. The van der Waals surface area contributed by atoms with Crippen LogP contribution in [0.15, 0.2) is 29.7 Å². The highest BCUT2D eigenvalue weighted by molar-refractivity contribution is 7.92. The first-order valence-electron chi connectivity index (χ1n) is 6.66. The Morgan fingerprint density at radius 3 is 2.48 bits per heavy atom. The van der Waals surface area contributed by atoms with Gasteiger partial charge in [-0.3, -0.25) is 9.40 Å². The fourth-order valence-electron chi connectivity index (χ4n) is 1.59. The van der Waals surface area contributed by atoms with Crippen molar-refractivity contribution >= 4 is 21.7 Å². The highest BCUT2D eigenvalue weighted by Gasteiger charge is 2.16. The van der Waals surface area contributed by atoms with Crippen LogP contribution in [0.4, 0.5) is 11.6 Å². The fourth-order valence-corrected chi connectivity index (χ4v) is 2.50. The number of hydrogen-bond donors (Lipinski definition) is 2. The number of nitrogens with zero attached hydrogens (tertiary/aromatic N) is 4. The largest absolute Gasteiger partial charge is 0.354 e. The second-order valence-electron chi connectivity index (χ2n) is 4.36. The Balaban J connectivity index is 2.11. The molecule has 8 nitrogen and oxygen atoms in total. The summed E-state index contributed by atoms with van der Waals surface area (Å²) < 4.78 is 28.4. The van der Waals surface area contributed by atoms with Gasteiger partial charge in [0, 0.05) is 19.3 Å². The van der Waals surface area contributed by atoms with Crippen molar-refractivity contribution in [3.63, 3.8) is 0 Å². The van der Waals surface area contributed by atoms with Gasteiger partial charge >= 0.3 is 0 Å². The number of nitrogens with one attached hydrogen (secondary N) is 2. The van der Waals surface area contributed by atoms with Crippen LogP contribution < -0.4 is 10.0 Å². The maximum absolute atomic E-state index is 12.2. The van der Waals surface area contributed by atoms with Crippen LogP contribution >= 0.6 is 0 Å². The minimum atomic E-state index is -3.70. The molecule has 21 heavy (non-hydrogen) atoms. The van der Waals surface area contributed by atoms with Crippen LogP contribution in [-0.2, 0) is 16.6 Å². The van der Waals surface area contributed by atoms with Gasteiger partial charge in [-0.15, -0.1) is 0 Å². The second kappa shape index (κ2) is 6.53. The normalized spacial score (nSPS) is 11.3. The zero-order chi connectivity index (χ0) is 15.3. The molecule has 2 N–H and O–H groups in total. The summed E-state index contributed by atoms with van der Waals surface area (Å²) in [6.07, 6.45) is 6.57. The minimum absolute atomic E-state index is 0.00815. The molecular weight excluding hydrogens is 292 g/mol. The molecule has 2 rings (SSSR count). The molecule has 2 aromatic rings. The van der Waals surface area contributed by atoms with Crippen LogP contribution in [0.5, 0.6) is 0 Å². The summed E-state index contributed by atoms with van der Waals surface area (Å²) in [4.78, 5) is 7.97. The molecule has 114 valence electrons. The molecule has 0 saturated heterocycles. The van der Waals surface area contributed by atoms with E-state index in [9.17, 15) is 8.42 Å². The number of aryl methyl sites for hydroxylation is 1. The van der Waals surface area contributed by atoms with Gasteiger partial charge in [0.2, 0.25) is 5.95 Å². The van der Waals surface area contributed by atoms with Crippen molar-refractivity contribution in [3.8, 4) is 0 Å². The van der Waals surface area contributed by atoms with Crippen LogP contribution in [0.2, 0.25) is 0 Å². The van der Waals surface area contributed by atoms with E-state index >= 15 is 0 Å². The second-order valence-corrected chi connectivity index (χ2v) is 6.04. The van der Waals surface area contributed by atoms with E-state index in [0.29, 0.717) is 18.2 Å². The first kappa shape index (κ1) is 15.2. The summed E-state index contributed by atoms with van der Waals surface area (Å²) in [6, 6.07) is 0. The number of hydrogen-bond acceptors (Lipinski definition) is 6. The van der Waals surface area contributed by atoms with Crippen molar-refractivity contribution in [2.24, 2.45) is 0 Å². The first-order valence-corrected chi connectivity index (χ1v) is 8.14. The zero-order valence-corrected chi connectivity index (χ0v) is 12.8. The highest BCUT2D eigenvalue weighted by atomic mass is 32.2. The molecule has 0 unspecified atom stereocenters. The Bertz CT molecular complexity index is 680. The number of sulfonamides is 1. The van der Waals surface area contributed by atoms with Crippen molar-refractivity contribution < 1.29 is 8.42 Å². The van der Waals surface area contributed by atoms with Gasteiger partial charge in [0.15, 0.2) is 0 Å². The van der Waals surface area contributed by atoms with E-state index in [1.54, 1.807) is 10.9 Å². The zero-order valence-electron chi connectivity index (χ0n) is 11.9. The molecule has 0 aliphatic heterocycles. The van der Waals surface area contributed by atoms with Crippen LogP contribution in [-0.4, -0.2) is 34.7 Å². The highest BCUT2D eigenvalue weighted by Crippen LogP contribution is 2.14. The molecular formula is C12H18N6O2S. The Kier molecular flexibility index (Phi) is 4.73. The number of aromatic nitrogens is 4. The lowest BCUT2D eigenvalue weighted by atomic mass is 10.5. The summed E-state index contributed by atoms with van der Waals surface area (Å²) in [7, 11) is -3.70. The minimum Gasteiger partial charge on any atom is -0.354 e. The molecule has 0 atom stereocenters. The molecule has 0 aliphatic rings. The van der Waals surface area contributed by atoms with Gasteiger partial charge in [0.25, 0.3) is 10.0 Å². The van der Waals surface area contributed by atoms with Gasteiger partial charge in [-0.05, 0) is 13.3 Å². The van der Waals surface area contributed by atoms with Crippen molar-refractivity contribution in [2.75, 3.05) is 16.6 Å². The van der Waals surface area contributed by atoms with Crippen LogP contribution in [0, 0.1) is 0 Å². The van der Waals surface area contributed by atoms with Gasteiger partial charge in [-0.1, -0.05) is 6.92 Å². The maximum Gasteiger partial charge on any atom is 0.265 e. The van der Waals surface area contributed by atoms with E-state index in [1.165, 1.54) is 18.6 Å². The van der Waals surface area contributed by atoms with Gasteiger partial charge in [-0.2, -0.15) is 5.10 Å². The third kappa shape index (κ3) is 3.91. The Hall–Kier alpha value is -2.16. The lowest BCUT2D eigenvalue weighted by Gasteiger charge is -2.06. The number of rotatable bonds is 7. The molecule has 2 aromatic heterocycles. The predicted octanol–water partition coefficient (Wildman–Crippen LogP) is 1.32. The molecule has 0 saturated carbocycles. The van der Waals surface area contributed by atoms with Gasteiger partial charge in [-0.25, -0.2) is 18.4 Å². The SMILES string of the molecule is CCCNc1ncc(S(=O)(=O)Nc2cnn(CC)c2)cn1. The Morgan fingerprint density at radius 2 is 1.90 bits per heavy atom. The van der Waals surface area contributed by atoms with E-state index in [0.717, 1.165) is 13.0 Å². The Labute approximate surface area is 123 Å². The molecule has 0 aromatic carbocycles. The van der Waals surface area contributed by atoms with E-state index in [-0.39, 0.29) is 4.90 Å². The number of anilines is 2. The fraction of sp³-hybridized carbons (Fsp3) is 0.417. The molecule has 9 heteroatoms. The summed E-state index contributed by atoms with van der Waals surface area (Å²) in [5.41, 5.74) is 0.407. The van der Waals surface area contributed by atoms with Crippen LogP contribution in [0.1, 0.15) is 20.3 Å². The molecule has 0 amide bonds. The van der Waals surface area contributed by atoms with Gasteiger partial charge in [0.1, 0.15) is 4.90 Å². The Morgan fingerprint density at radius 1 is 1.19 bits per heavy atom. The molecule has 0 spiro atoms. The molecule has 0 radical (unpaired) electrons. The van der Waals surface area contributed by atoms with Crippen LogP contribution in [0.3, 0.4) is 0 Å². The maximum atomic E-state index is 12.2. The summed E-state index contributed by atoms with van der Waals surface area (Å²) in [6.45, 7) is 5.34. The summed E-state index contributed by atoms with van der Waals surface area (Å²) in [5.74, 6) is 0.412. The van der Waals surface area contributed by atoms with Crippen molar-refractivity contribution in [3.05, 3.63) is 24.8 Å². The van der Waals surface area contributed by atoms with E-state index in [1.807, 2.05) is 13.8 Å². The predicted molar refractivity (Wildman–Crippen MR) is 79.5 cm³/mol. The third-order valence-electron chi connectivity index (χ3n) is 2.68. The smallest absolute Gasteiger partial charge is 0.265 e. The average molecular weight is 310 g/mol. The van der Waals surface area contributed by atoms with Crippen molar-refractivity contribution in [2.45, 2.75) is 31.7 Å². The summed E-state index contributed by atoms with van der Waals surface area (Å²) in [5, 5.41) is 6.99. The molecule has 0 bridgehead atoms. The van der Waals surface area contributed by atoms with Gasteiger partial charge < -0.3 is 5.32 Å². The standard InChI is InChI=1S/C12H18N6O2S/c1-3-5-13-12-14-7-11(8-15-12)21(19,20)17-10-6-16-18(4-2)9-10/h6-9,17H,3-5H2,1-2H3,(H,13,14,15). The molecule has 0 fully saturated rings. The van der Waals surface area contributed by atoms with Crippen molar-refractivity contribution in [1.29, 1.82) is 0 Å². The lowest BCUT2D eigenvalue weighted by Crippen LogP contribution is -2.14. The van der Waals surface area contributed by atoms with Gasteiger partial charge in [0.05, 0.1) is 24.3 Å². The van der Waals surface area contributed by atoms with E-state index in [2.05, 4.69) is 25.1 Å². The monoisotopic (exact) mass is 310 g/mol. The lowest BCUT2D eigenvalue weighted by molar-refractivity contribution is 0.600. The average Bonchev–Trinajstić information content (AvgIpc) is 2.92. The van der Waals surface area contributed by atoms with Crippen LogP contribution in [0.25, 0.3) is 0 Å².